The maximum Gasteiger partial charge on any atom is 0.264 e. The van der Waals surface area contributed by atoms with Crippen LogP contribution in [0.2, 0.25) is 0 Å². The number of primary amides is 1. The first kappa shape index (κ1) is 20.1. The van der Waals surface area contributed by atoms with E-state index in [1.165, 1.54) is 31.3 Å². The van der Waals surface area contributed by atoms with Crippen molar-refractivity contribution in [3.05, 3.63) is 90.0 Å². The van der Waals surface area contributed by atoms with Crippen molar-refractivity contribution in [2.24, 2.45) is 5.73 Å². The van der Waals surface area contributed by atoms with Gasteiger partial charge < -0.3 is 11.1 Å². The summed E-state index contributed by atoms with van der Waals surface area (Å²) in [5.74, 6) is -0.912. The number of amides is 2. The van der Waals surface area contributed by atoms with Gasteiger partial charge in [0.1, 0.15) is 0 Å². The van der Waals surface area contributed by atoms with E-state index >= 15 is 0 Å². The van der Waals surface area contributed by atoms with E-state index in [0.29, 0.717) is 22.5 Å². The molecule has 8 heteroatoms. The maximum atomic E-state index is 12.7. The van der Waals surface area contributed by atoms with E-state index in [1.54, 1.807) is 54.6 Å². The van der Waals surface area contributed by atoms with Gasteiger partial charge in [-0.2, -0.15) is 0 Å². The molecule has 3 aromatic rings. The fraction of sp³-hybridized carbons (Fsp3) is 0.0476. The molecule has 0 aliphatic carbocycles. The second kappa shape index (κ2) is 8.15. The van der Waals surface area contributed by atoms with Crippen LogP contribution in [0.4, 0.5) is 11.4 Å². The Morgan fingerprint density at radius 1 is 0.828 bits per heavy atom. The van der Waals surface area contributed by atoms with Crippen molar-refractivity contribution in [1.82, 2.24) is 0 Å². The zero-order valence-electron chi connectivity index (χ0n) is 15.6. The van der Waals surface area contributed by atoms with Gasteiger partial charge in [0.2, 0.25) is 5.91 Å². The number of hydrogen-bond donors (Lipinski definition) is 2. The lowest BCUT2D eigenvalue weighted by Gasteiger charge is -2.19. The highest BCUT2D eigenvalue weighted by molar-refractivity contribution is 7.92. The Morgan fingerprint density at radius 2 is 1.38 bits per heavy atom. The molecule has 0 aliphatic rings. The van der Waals surface area contributed by atoms with Gasteiger partial charge >= 0.3 is 0 Å². The molecule has 0 bridgehead atoms. The molecule has 0 atom stereocenters. The van der Waals surface area contributed by atoms with E-state index < -0.39 is 15.9 Å². The van der Waals surface area contributed by atoms with Gasteiger partial charge in [0.15, 0.2) is 0 Å². The van der Waals surface area contributed by atoms with Crippen LogP contribution in [0.1, 0.15) is 20.7 Å². The third-order valence-electron chi connectivity index (χ3n) is 4.32. The molecule has 148 valence electrons. The van der Waals surface area contributed by atoms with Crippen LogP contribution in [-0.2, 0) is 10.0 Å². The second-order valence-electron chi connectivity index (χ2n) is 6.23. The molecule has 0 aliphatic heterocycles. The van der Waals surface area contributed by atoms with Gasteiger partial charge in [-0.05, 0) is 60.7 Å². The number of carbonyl (C=O) groups excluding carboxylic acids is 2. The predicted molar refractivity (Wildman–Crippen MR) is 111 cm³/mol. The van der Waals surface area contributed by atoms with Crippen LogP contribution in [0, 0.1) is 0 Å². The number of anilines is 2. The second-order valence-corrected chi connectivity index (χ2v) is 8.20. The monoisotopic (exact) mass is 409 g/mol. The quantitative estimate of drug-likeness (QED) is 0.652. The van der Waals surface area contributed by atoms with E-state index in [1.807, 2.05) is 0 Å². The summed E-state index contributed by atoms with van der Waals surface area (Å²) in [6, 6.07) is 20.5. The fourth-order valence-corrected chi connectivity index (χ4v) is 3.85. The Bertz CT molecular complexity index is 1130. The zero-order valence-corrected chi connectivity index (χ0v) is 16.4. The summed E-state index contributed by atoms with van der Waals surface area (Å²) in [4.78, 5) is 23.7. The number of sulfonamides is 1. The summed E-state index contributed by atoms with van der Waals surface area (Å²) < 4.78 is 26.5. The molecule has 0 saturated carbocycles. The molecule has 0 radical (unpaired) electrons. The molecule has 0 unspecified atom stereocenters. The number of hydrogen-bond acceptors (Lipinski definition) is 4. The zero-order chi connectivity index (χ0) is 21.0. The Morgan fingerprint density at radius 3 is 1.93 bits per heavy atom. The summed E-state index contributed by atoms with van der Waals surface area (Å²) in [6.07, 6.45) is 0. The van der Waals surface area contributed by atoms with E-state index in [4.69, 9.17) is 5.73 Å². The van der Waals surface area contributed by atoms with Gasteiger partial charge in [-0.15, -0.1) is 0 Å². The summed E-state index contributed by atoms with van der Waals surface area (Å²) in [6.45, 7) is 0. The van der Waals surface area contributed by atoms with Crippen molar-refractivity contribution in [1.29, 1.82) is 0 Å². The van der Waals surface area contributed by atoms with Crippen LogP contribution < -0.4 is 15.4 Å². The van der Waals surface area contributed by atoms with Crippen LogP contribution in [0.15, 0.2) is 83.8 Å². The number of benzene rings is 3. The minimum Gasteiger partial charge on any atom is -0.366 e. The van der Waals surface area contributed by atoms with Crippen molar-refractivity contribution < 1.29 is 18.0 Å². The van der Waals surface area contributed by atoms with Gasteiger partial charge in [0, 0.05) is 23.9 Å². The lowest BCUT2D eigenvalue weighted by atomic mass is 10.1. The first-order chi connectivity index (χ1) is 13.8. The van der Waals surface area contributed by atoms with Crippen LogP contribution in [0.3, 0.4) is 0 Å². The molecular weight excluding hydrogens is 390 g/mol. The van der Waals surface area contributed by atoms with Crippen molar-refractivity contribution in [2.45, 2.75) is 4.90 Å². The van der Waals surface area contributed by atoms with E-state index in [0.717, 1.165) is 4.31 Å². The van der Waals surface area contributed by atoms with Gasteiger partial charge in [-0.1, -0.05) is 18.2 Å². The normalized spacial score (nSPS) is 10.9. The largest absolute Gasteiger partial charge is 0.366 e. The van der Waals surface area contributed by atoms with E-state index in [2.05, 4.69) is 5.32 Å². The molecule has 0 heterocycles. The standard InChI is InChI=1S/C21H19N3O4S/c1-24(29(27,28)19-5-3-2-4-6-19)18-13-9-16(10-14-18)21(26)23-17-11-7-15(8-12-17)20(22)25/h2-14H,1H3,(H2,22,25)(H,23,26). The van der Waals surface area contributed by atoms with Crippen molar-refractivity contribution in [2.75, 3.05) is 16.7 Å². The fourth-order valence-electron chi connectivity index (χ4n) is 2.63. The average molecular weight is 409 g/mol. The van der Waals surface area contributed by atoms with Gasteiger partial charge in [-0.3, -0.25) is 13.9 Å². The molecule has 0 fully saturated rings. The maximum absolute atomic E-state index is 12.7. The Balaban J connectivity index is 1.74. The Kier molecular flexibility index (Phi) is 5.65. The summed E-state index contributed by atoms with van der Waals surface area (Å²) in [5.41, 5.74) is 6.83. The number of nitrogens with zero attached hydrogens (tertiary/aromatic N) is 1. The third kappa shape index (κ3) is 4.44. The summed E-state index contributed by atoms with van der Waals surface area (Å²) >= 11 is 0. The van der Waals surface area contributed by atoms with Crippen LogP contribution >= 0.6 is 0 Å². The average Bonchev–Trinajstić information content (AvgIpc) is 2.74. The van der Waals surface area contributed by atoms with Gasteiger partial charge in [-0.25, -0.2) is 8.42 Å². The van der Waals surface area contributed by atoms with E-state index in [-0.39, 0.29) is 10.8 Å². The van der Waals surface area contributed by atoms with E-state index in [9.17, 15) is 18.0 Å². The summed E-state index contributed by atoms with van der Waals surface area (Å²) in [5, 5.41) is 2.71. The Hall–Kier alpha value is -3.65. The molecule has 3 aromatic carbocycles. The molecule has 0 spiro atoms. The molecule has 7 nitrogen and oxygen atoms in total. The highest BCUT2D eigenvalue weighted by Crippen LogP contribution is 2.22. The van der Waals surface area contributed by atoms with Crippen molar-refractivity contribution in [3.8, 4) is 0 Å². The summed E-state index contributed by atoms with van der Waals surface area (Å²) in [7, 11) is -2.23. The first-order valence-corrected chi connectivity index (χ1v) is 10.1. The highest BCUT2D eigenvalue weighted by Gasteiger charge is 2.21. The van der Waals surface area contributed by atoms with Crippen LogP contribution in [-0.4, -0.2) is 27.3 Å². The van der Waals surface area contributed by atoms with Crippen LogP contribution in [0.5, 0.6) is 0 Å². The minimum atomic E-state index is -3.69. The number of carbonyl (C=O) groups is 2. The van der Waals surface area contributed by atoms with Crippen molar-refractivity contribution in [3.63, 3.8) is 0 Å². The van der Waals surface area contributed by atoms with Crippen molar-refractivity contribution >= 4 is 33.2 Å². The predicted octanol–water partition coefficient (Wildman–Crippen LogP) is 2.86. The lowest BCUT2D eigenvalue weighted by Crippen LogP contribution is -2.26. The topological polar surface area (TPSA) is 110 Å². The smallest absolute Gasteiger partial charge is 0.264 e. The molecule has 2 amide bonds. The number of nitrogens with one attached hydrogen (secondary N) is 1. The molecule has 0 saturated heterocycles. The number of nitrogens with two attached hydrogens (primary N) is 1. The van der Waals surface area contributed by atoms with Gasteiger partial charge in [0.05, 0.1) is 10.6 Å². The molecule has 3 N–H and O–H groups in total. The first-order valence-electron chi connectivity index (χ1n) is 8.64. The van der Waals surface area contributed by atoms with Crippen LogP contribution in [0.25, 0.3) is 0 Å². The molecule has 29 heavy (non-hydrogen) atoms. The molecular formula is C21H19N3O4S. The minimum absolute atomic E-state index is 0.184. The number of rotatable bonds is 6. The molecule has 3 rings (SSSR count). The van der Waals surface area contributed by atoms with Gasteiger partial charge in [0.25, 0.3) is 15.9 Å². The lowest BCUT2D eigenvalue weighted by molar-refractivity contribution is 0.0998. The third-order valence-corrected chi connectivity index (χ3v) is 6.12. The Labute approximate surface area is 168 Å². The highest BCUT2D eigenvalue weighted by atomic mass is 32.2. The SMILES string of the molecule is CN(c1ccc(C(=O)Nc2ccc(C(N)=O)cc2)cc1)S(=O)(=O)c1ccccc1. The molecule has 0 aromatic heterocycles.